The third-order valence-corrected chi connectivity index (χ3v) is 2.45. The fraction of sp³-hybridized carbons (Fsp3) is 0.500. The van der Waals surface area contributed by atoms with Crippen LogP contribution in [-0.4, -0.2) is 19.1 Å². The van der Waals surface area contributed by atoms with E-state index in [0.29, 0.717) is 10.0 Å². The molecule has 0 spiro atoms. The zero-order valence-corrected chi connectivity index (χ0v) is 13.3. The predicted octanol–water partition coefficient (Wildman–Crippen LogP) is 3.29. The molecule has 1 atom stereocenters. The zero-order chi connectivity index (χ0) is 15.0. The minimum absolute atomic E-state index is 0.131. The summed E-state index contributed by atoms with van der Waals surface area (Å²) in [5.74, 6) is -0.0963. The highest BCUT2D eigenvalue weighted by molar-refractivity contribution is 9.10. The van der Waals surface area contributed by atoms with Gasteiger partial charge in [-0.05, 0) is 23.6 Å². The van der Waals surface area contributed by atoms with E-state index in [4.69, 9.17) is 5.73 Å². The van der Waals surface area contributed by atoms with Gasteiger partial charge >= 0.3 is 5.97 Å². The van der Waals surface area contributed by atoms with Crippen LogP contribution in [0, 0.1) is 11.7 Å². The Hall–Kier alpha value is -0.940. The van der Waals surface area contributed by atoms with Gasteiger partial charge in [0.25, 0.3) is 0 Å². The van der Waals surface area contributed by atoms with Crippen LogP contribution in [0.2, 0.25) is 0 Å². The Kier molecular flexibility index (Phi) is 8.59. The molecule has 1 rings (SSSR count). The lowest BCUT2D eigenvalue weighted by Crippen LogP contribution is -2.33. The third kappa shape index (κ3) is 7.95. The minimum atomic E-state index is -0.828. The molecule has 0 saturated carbocycles. The molecule has 3 nitrogen and oxygen atoms in total. The summed E-state index contributed by atoms with van der Waals surface area (Å²) in [7, 11) is 1.25. The maximum atomic E-state index is 13.3. The van der Waals surface area contributed by atoms with Crippen molar-refractivity contribution in [2.45, 2.75) is 33.2 Å². The molecule has 0 bridgehead atoms. The van der Waals surface area contributed by atoms with E-state index in [2.05, 4.69) is 41.4 Å². The van der Waals surface area contributed by atoms with E-state index < -0.39 is 12.0 Å². The van der Waals surface area contributed by atoms with Gasteiger partial charge in [0.2, 0.25) is 0 Å². The SMILES string of the molecule is CC(C)C.COC(=O)[C@@H](N)Cc1ccc(Br)cc1F. The molecule has 0 saturated heterocycles. The van der Waals surface area contributed by atoms with Gasteiger partial charge in [-0.1, -0.05) is 42.8 Å². The molecule has 5 heteroatoms. The summed E-state index contributed by atoms with van der Waals surface area (Å²) in [5.41, 5.74) is 5.91. The zero-order valence-electron chi connectivity index (χ0n) is 11.7. The maximum Gasteiger partial charge on any atom is 0.322 e. The average molecular weight is 334 g/mol. The molecule has 0 amide bonds. The average Bonchev–Trinajstić information content (AvgIpc) is 2.30. The molecule has 1 aromatic carbocycles. The van der Waals surface area contributed by atoms with Crippen LogP contribution in [0.1, 0.15) is 26.3 Å². The van der Waals surface area contributed by atoms with Crippen LogP contribution in [0.3, 0.4) is 0 Å². The lowest BCUT2D eigenvalue weighted by Gasteiger charge is -2.09. The normalized spacial score (nSPS) is 11.6. The third-order valence-electron chi connectivity index (χ3n) is 1.96. The van der Waals surface area contributed by atoms with Gasteiger partial charge in [-0.3, -0.25) is 4.79 Å². The lowest BCUT2D eigenvalue weighted by atomic mass is 10.1. The fourth-order valence-electron chi connectivity index (χ4n) is 1.16. The highest BCUT2D eigenvalue weighted by Gasteiger charge is 2.16. The summed E-state index contributed by atoms with van der Waals surface area (Å²) in [6.45, 7) is 6.50. The first-order chi connectivity index (χ1) is 8.77. The predicted molar refractivity (Wildman–Crippen MR) is 78.3 cm³/mol. The number of hydrogen-bond donors (Lipinski definition) is 1. The van der Waals surface area contributed by atoms with Crippen LogP contribution in [0.15, 0.2) is 22.7 Å². The van der Waals surface area contributed by atoms with Crippen LogP contribution in [-0.2, 0) is 16.0 Å². The molecule has 0 aliphatic carbocycles. The van der Waals surface area contributed by atoms with Crippen molar-refractivity contribution in [1.82, 2.24) is 0 Å². The van der Waals surface area contributed by atoms with Crippen molar-refractivity contribution in [3.05, 3.63) is 34.1 Å². The van der Waals surface area contributed by atoms with Crippen molar-refractivity contribution < 1.29 is 13.9 Å². The molecule has 2 N–H and O–H groups in total. The molecular formula is C14H21BrFNO2. The van der Waals surface area contributed by atoms with Crippen molar-refractivity contribution >= 4 is 21.9 Å². The Labute approximate surface area is 122 Å². The molecular weight excluding hydrogens is 313 g/mol. The van der Waals surface area contributed by atoms with Crippen LogP contribution < -0.4 is 5.73 Å². The molecule has 0 aliphatic rings. The quantitative estimate of drug-likeness (QED) is 0.863. The van der Waals surface area contributed by atoms with Gasteiger partial charge in [-0.25, -0.2) is 4.39 Å². The number of hydrogen-bond acceptors (Lipinski definition) is 3. The minimum Gasteiger partial charge on any atom is -0.468 e. The van der Waals surface area contributed by atoms with Crippen LogP contribution in [0.5, 0.6) is 0 Å². The highest BCUT2D eigenvalue weighted by Crippen LogP contribution is 2.16. The lowest BCUT2D eigenvalue weighted by molar-refractivity contribution is -0.142. The molecule has 1 aromatic rings. The largest absolute Gasteiger partial charge is 0.468 e. The van der Waals surface area contributed by atoms with Gasteiger partial charge in [-0.2, -0.15) is 0 Å². The molecule has 0 heterocycles. The Balaban J connectivity index is 0.000000711. The van der Waals surface area contributed by atoms with E-state index in [9.17, 15) is 9.18 Å². The van der Waals surface area contributed by atoms with Gasteiger partial charge in [0.05, 0.1) is 7.11 Å². The van der Waals surface area contributed by atoms with E-state index >= 15 is 0 Å². The van der Waals surface area contributed by atoms with Crippen LogP contribution in [0.4, 0.5) is 4.39 Å². The number of carbonyl (C=O) groups is 1. The van der Waals surface area contributed by atoms with Gasteiger partial charge in [-0.15, -0.1) is 0 Å². The number of rotatable bonds is 3. The molecule has 19 heavy (non-hydrogen) atoms. The Morgan fingerprint density at radius 1 is 1.42 bits per heavy atom. The summed E-state index contributed by atoms with van der Waals surface area (Å²) in [4.78, 5) is 11.0. The monoisotopic (exact) mass is 333 g/mol. The summed E-state index contributed by atoms with van der Waals surface area (Å²) in [5, 5.41) is 0. The van der Waals surface area contributed by atoms with Crippen molar-refractivity contribution in [3.63, 3.8) is 0 Å². The number of methoxy groups -OCH3 is 1. The first-order valence-electron chi connectivity index (χ1n) is 6.05. The second-order valence-electron chi connectivity index (χ2n) is 4.80. The maximum absolute atomic E-state index is 13.3. The number of carbonyl (C=O) groups excluding carboxylic acids is 1. The van der Waals surface area contributed by atoms with E-state index in [1.165, 1.54) is 13.2 Å². The standard InChI is InChI=1S/C10H11BrFNO2.C4H10/c1-15-10(14)9(13)4-6-2-3-7(11)5-8(6)12;1-4(2)3/h2-3,5,9H,4,13H2,1H3;4H,1-3H3/t9-;/m0./s1. The fourth-order valence-corrected chi connectivity index (χ4v) is 1.49. The smallest absolute Gasteiger partial charge is 0.322 e. The summed E-state index contributed by atoms with van der Waals surface area (Å²) >= 11 is 3.14. The number of esters is 1. The van der Waals surface area contributed by atoms with E-state index in [1.807, 2.05) is 0 Å². The van der Waals surface area contributed by atoms with Crippen molar-refractivity contribution in [3.8, 4) is 0 Å². The Morgan fingerprint density at radius 2 is 1.95 bits per heavy atom. The molecule has 0 fully saturated rings. The van der Waals surface area contributed by atoms with Gasteiger partial charge in [0, 0.05) is 10.9 Å². The first kappa shape index (κ1) is 18.1. The van der Waals surface area contributed by atoms with Crippen molar-refractivity contribution in [2.24, 2.45) is 11.7 Å². The van der Waals surface area contributed by atoms with E-state index in [-0.39, 0.29) is 12.2 Å². The summed E-state index contributed by atoms with van der Waals surface area (Å²) < 4.78 is 18.4. The molecule has 0 radical (unpaired) electrons. The van der Waals surface area contributed by atoms with Gasteiger partial charge < -0.3 is 10.5 Å². The highest BCUT2D eigenvalue weighted by atomic mass is 79.9. The molecule has 0 aliphatic heterocycles. The van der Waals surface area contributed by atoms with Gasteiger partial charge in [0.1, 0.15) is 11.9 Å². The van der Waals surface area contributed by atoms with Gasteiger partial charge in [0.15, 0.2) is 0 Å². The first-order valence-corrected chi connectivity index (χ1v) is 6.84. The second-order valence-corrected chi connectivity index (χ2v) is 5.72. The number of nitrogens with two attached hydrogens (primary N) is 1. The van der Waals surface area contributed by atoms with Crippen LogP contribution >= 0.6 is 15.9 Å². The number of halogens is 2. The number of ether oxygens (including phenoxy) is 1. The summed E-state index contributed by atoms with van der Waals surface area (Å²) in [6.07, 6.45) is 0.131. The topological polar surface area (TPSA) is 52.3 Å². The van der Waals surface area contributed by atoms with Crippen molar-refractivity contribution in [1.29, 1.82) is 0 Å². The van der Waals surface area contributed by atoms with Crippen molar-refractivity contribution in [2.75, 3.05) is 7.11 Å². The molecule has 0 unspecified atom stereocenters. The Morgan fingerprint density at radius 3 is 2.37 bits per heavy atom. The van der Waals surface area contributed by atoms with E-state index in [1.54, 1.807) is 12.1 Å². The Bertz CT molecular complexity index is 408. The molecule has 108 valence electrons. The van der Waals surface area contributed by atoms with Crippen LogP contribution in [0.25, 0.3) is 0 Å². The van der Waals surface area contributed by atoms with E-state index in [0.717, 1.165) is 5.92 Å². The number of benzene rings is 1. The summed E-state index contributed by atoms with van der Waals surface area (Å²) in [6, 6.07) is 3.79. The second kappa shape index (κ2) is 9.04. The molecule has 0 aromatic heterocycles.